The van der Waals surface area contributed by atoms with Crippen molar-refractivity contribution in [2.45, 2.75) is 63.7 Å². The topological polar surface area (TPSA) is 192 Å². The lowest BCUT2D eigenvalue weighted by Gasteiger charge is -2.13. The Kier molecular flexibility index (Phi) is 11.0. The van der Waals surface area contributed by atoms with Gasteiger partial charge < -0.3 is 18.9 Å². The fourth-order valence-corrected chi connectivity index (χ4v) is 9.09. The minimum absolute atomic E-state index is 0.0411. The molecule has 65 heavy (non-hydrogen) atoms. The van der Waals surface area contributed by atoms with Crippen LogP contribution in [-0.2, 0) is 22.6 Å². The molecule has 0 spiro atoms. The van der Waals surface area contributed by atoms with Crippen LogP contribution in [0.2, 0.25) is 0 Å². The summed E-state index contributed by atoms with van der Waals surface area (Å²) in [6, 6.07) is 17.6. The third-order valence-electron chi connectivity index (χ3n) is 12.4. The second-order valence-electron chi connectivity index (χ2n) is 17.1. The maximum atomic E-state index is 13.3. The molecule has 17 nitrogen and oxygen atoms in total. The molecule has 8 aromatic rings. The van der Waals surface area contributed by atoms with Crippen LogP contribution >= 0.6 is 15.9 Å². The molecule has 330 valence electrons. The van der Waals surface area contributed by atoms with E-state index in [0.29, 0.717) is 78.1 Å². The van der Waals surface area contributed by atoms with Crippen LogP contribution in [0.15, 0.2) is 87.4 Å². The Morgan fingerprint density at radius 3 is 1.63 bits per heavy atom. The van der Waals surface area contributed by atoms with E-state index < -0.39 is 0 Å². The summed E-state index contributed by atoms with van der Waals surface area (Å²) in [6.07, 6.45) is 12.9. The van der Waals surface area contributed by atoms with E-state index in [4.69, 9.17) is 28.9 Å². The van der Waals surface area contributed by atoms with Crippen LogP contribution in [0, 0.1) is 23.2 Å². The number of imidazole rings is 2. The van der Waals surface area contributed by atoms with Gasteiger partial charge in [0.2, 0.25) is 11.8 Å². The van der Waals surface area contributed by atoms with Gasteiger partial charge in [-0.15, -0.1) is 0 Å². The summed E-state index contributed by atoms with van der Waals surface area (Å²) < 4.78 is 31.2. The molecule has 2 aromatic carbocycles. The molecule has 0 amide bonds. The predicted molar refractivity (Wildman–Crippen MR) is 243 cm³/mol. The van der Waals surface area contributed by atoms with Crippen molar-refractivity contribution in [2.75, 3.05) is 39.6 Å². The van der Waals surface area contributed by atoms with E-state index in [0.717, 1.165) is 89.2 Å². The van der Waals surface area contributed by atoms with Crippen LogP contribution < -0.4 is 20.9 Å². The molecule has 2 unspecified atom stereocenters. The Balaban J connectivity index is 0.000000144. The normalized spacial score (nSPS) is 18.3. The average molecular weight is 939 g/mol. The van der Waals surface area contributed by atoms with Crippen LogP contribution in [0.25, 0.3) is 43.9 Å². The van der Waals surface area contributed by atoms with Crippen molar-refractivity contribution < 1.29 is 18.9 Å². The molecule has 4 fully saturated rings. The van der Waals surface area contributed by atoms with E-state index in [2.05, 4.69) is 41.9 Å². The summed E-state index contributed by atoms with van der Waals surface area (Å²) in [5.41, 5.74) is 5.22. The highest BCUT2D eigenvalue weighted by Crippen LogP contribution is 2.37. The fraction of sp³-hybridized carbons (Fsp3) is 0.383. The molecule has 2 atom stereocenters. The first kappa shape index (κ1) is 41.2. The Morgan fingerprint density at radius 1 is 0.646 bits per heavy atom. The third-order valence-corrected chi connectivity index (χ3v) is 12.9. The predicted octanol–water partition coefficient (Wildman–Crippen LogP) is 6.51. The molecule has 12 rings (SSSR count). The summed E-state index contributed by atoms with van der Waals surface area (Å²) in [7, 11) is 0. The molecular formula is C47H44BrN11O6. The van der Waals surface area contributed by atoms with Gasteiger partial charge in [-0.25, -0.2) is 19.6 Å². The first-order valence-electron chi connectivity index (χ1n) is 22.1. The quantitative estimate of drug-likeness (QED) is 0.129. The van der Waals surface area contributed by atoms with E-state index in [1.54, 1.807) is 52.1 Å². The van der Waals surface area contributed by atoms with Gasteiger partial charge in [-0.1, -0.05) is 15.9 Å². The minimum Gasteiger partial charge on any atom is -0.477 e. The van der Waals surface area contributed by atoms with Gasteiger partial charge in [0.1, 0.15) is 0 Å². The van der Waals surface area contributed by atoms with E-state index in [1.165, 1.54) is 0 Å². The lowest BCUT2D eigenvalue weighted by Crippen LogP contribution is -2.25. The number of aromatic nitrogens is 10. The smallest absolute Gasteiger partial charge is 0.329 e. The number of nitrogens with zero attached hydrogens (tertiary/aromatic N) is 11. The highest BCUT2D eigenvalue weighted by atomic mass is 79.9. The minimum atomic E-state index is -0.0744. The maximum absolute atomic E-state index is 13.3. The molecule has 8 heterocycles. The average Bonchev–Trinajstić information content (AvgIpc) is 4.17. The molecule has 0 bridgehead atoms. The van der Waals surface area contributed by atoms with E-state index in [9.17, 15) is 14.9 Å². The molecular weight excluding hydrogens is 894 g/mol. The standard InChI is InChI=1S/C24H22N6O3.C23H22BrN5O3/c25-10-15-1-4-19-18(9-15)23(33-14-16-6-8-32-13-16)28-22(27-19)12-29-21-11-26-7-5-20(21)30(24(29)31)17-2-3-17;24-15-1-4-18-17(9-15)22(32-13-14-6-8-31-12-14)27-21(26-18)11-28-20-10-25-7-5-19(20)29(23(28)30)16-2-3-16/h1,4-5,7,9,11,16-17H,2-3,6,8,12-14H2;1,4-5,7,9-10,14,16H,2-3,6,8,11-13H2. The molecule has 6 aromatic heterocycles. The highest BCUT2D eigenvalue weighted by molar-refractivity contribution is 9.10. The molecule has 2 saturated heterocycles. The highest BCUT2D eigenvalue weighted by Gasteiger charge is 2.31. The first-order valence-corrected chi connectivity index (χ1v) is 22.9. The van der Waals surface area contributed by atoms with Crippen LogP contribution in [0.5, 0.6) is 11.8 Å². The Bertz CT molecular complexity index is 3260. The van der Waals surface area contributed by atoms with Crippen LogP contribution in [0.1, 0.15) is 67.8 Å². The van der Waals surface area contributed by atoms with Gasteiger partial charge in [-0.3, -0.25) is 28.2 Å². The van der Waals surface area contributed by atoms with E-state index >= 15 is 0 Å². The summed E-state index contributed by atoms with van der Waals surface area (Å²) in [4.78, 5) is 53.8. The zero-order chi connectivity index (χ0) is 44.0. The lowest BCUT2D eigenvalue weighted by molar-refractivity contribution is 0.166. The molecule has 2 aliphatic heterocycles. The van der Waals surface area contributed by atoms with E-state index in [1.807, 2.05) is 39.5 Å². The van der Waals surface area contributed by atoms with Crippen LogP contribution in [0.4, 0.5) is 0 Å². The zero-order valence-electron chi connectivity index (χ0n) is 35.4. The number of ether oxygens (including phenoxy) is 4. The number of pyridine rings is 2. The molecule has 2 saturated carbocycles. The van der Waals surface area contributed by atoms with Crippen molar-refractivity contribution in [3.63, 3.8) is 0 Å². The maximum Gasteiger partial charge on any atom is 0.329 e. The summed E-state index contributed by atoms with van der Waals surface area (Å²) in [6.45, 7) is 4.39. The molecule has 2 aliphatic carbocycles. The van der Waals surface area contributed by atoms with Crippen molar-refractivity contribution in [3.05, 3.63) is 116 Å². The molecule has 4 aliphatic rings. The van der Waals surface area contributed by atoms with Crippen molar-refractivity contribution in [1.29, 1.82) is 5.26 Å². The third kappa shape index (κ3) is 8.35. The molecule has 0 radical (unpaired) electrons. The Hall–Kier alpha value is -6.55. The summed E-state index contributed by atoms with van der Waals surface area (Å²) in [5.74, 6) is 2.65. The zero-order valence-corrected chi connectivity index (χ0v) is 37.0. The van der Waals surface area contributed by atoms with Crippen LogP contribution in [0.3, 0.4) is 0 Å². The molecule has 18 heteroatoms. The number of nitriles is 1. The number of hydrogen-bond acceptors (Lipinski definition) is 13. The number of rotatable bonds is 12. The largest absolute Gasteiger partial charge is 0.477 e. The summed E-state index contributed by atoms with van der Waals surface area (Å²) >= 11 is 3.53. The van der Waals surface area contributed by atoms with Gasteiger partial charge >= 0.3 is 11.4 Å². The fourth-order valence-electron chi connectivity index (χ4n) is 8.73. The van der Waals surface area contributed by atoms with Gasteiger partial charge in [0, 0.05) is 54.0 Å². The lowest BCUT2D eigenvalue weighted by atomic mass is 10.1. The van der Waals surface area contributed by atoms with Crippen molar-refractivity contribution >= 4 is 59.8 Å². The number of halogens is 1. The Morgan fingerprint density at radius 2 is 1.15 bits per heavy atom. The van der Waals surface area contributed by atoms with Gasteiger partial charge in [0.15, 0.2) is 11.6 Å². The van der Waals surface area contributed by atoms with Gasteiger partial charge in [-0.2, -0.15) is 15.2 Å². The second-order valence-corrected chi connectivity index (χ2v) is 18.1. The number of fused-ring (bicyclic) bond motifs is 4. The van der Waals surface area contributed by atoms with Crippen molar-refractivity contribution in [3.8, 4) is 17.8 Å². The van der Waals surface area contributed by atoms with E-state index in [-0.39, 0.29) is 36.6 Å². The number of hydrogen-bond donors (Lipinski definition) is 0. The van der Waals surface area contributed by atoms with Crippen molar-refractivity contribution in [1.82, 2.24) is 48.2 Å². The van der Waals surface area contributed by atoms with Crippen molar-refractivity contribution in [2.24, 2.45) is 11.8 Å². The summed E-state index contributed by atoms with van der Waals surface area (Å²) in [5, 5.41) is 10.9. The monoisotopic (exact) mass is 937 g/mol. The first-order chi connectivity index (χ1) is 31.9. The van der Waals surface area contributed by atoms with Gasteiger partial charge in [0.05, 0.1) is 107 Å². The Labute approximate surface area is 379 Å². The van der Waals surface area contributed by atoms with Crippen LogP contribution in [-0.4, -0.2) is 87.8 Å². The SMILES string of the molecule is N#Cc1ccc2nc(Cn3c(=O)n(C4CC4)c4ccncc43)nc(OCC3CCOC3)c2c1.O=c1n(Cc2nc(OCC3CCOC3)c3cc(Br)ccc3n2)c2cnccc2n1C1CC1. The molecule has 0 N–H and O–H groups in total. The van der Waals surface area contributed by atoms with Gasteiger partial charge in [0.25, 0.3) is 0 Å². The van der Waals surface area contributed by atoms with Gasteiger partial charge in [-0.05, 0) is 87.1 Å². The number of benzene rings is 2. The second kappa shape index (κ2) is 17.4.